The third-order valence-corrected chi connectivity index (χ3v) is 3.02. The molecule has 0 bridgehead atoms. The van der Waals surface area contributed by atoms with Crippen LogP contribution in [0, 0.1) is 0 Å². The highest BCUT2D eigenvalue weighted by molar-refractivity contribution is 6.30. The average molecular weight is 262 g/mol. The molecule has 0 fully saturated rings. The van der Waals surface area contributed by atoms with Gasteiger partial charge in [0.15, 0.2) is 0 Å². The van der Waals surface area contributed by atoms with Crippen LogP contribution < -0.4 is 10.6 Å². The Morgan fingerprint density at radius 2 is 1.89 bits per heavy atom. The first-order valence-electron chi connectivity index (χ1n) is 5.85. The Balaban J connectivity index is 2.10. The number of nitrogens with one attached hydrogen (secondary N) is 2. The van der Waals surface area contributed by atoms with E-state index in [0.717, 1.165) is 16.5 Å². The number of nitrogens with zero attached hydrogens (tertiary/aromatic N) is 1. The van der Waals surface area contributed by atoms with Crippen LogP contribution in [0.3, 0.4) is 0 Å². The Morgan fingerprint density at radius 3 is 2.56 bits per heavy atom. The van der Waals surface area contributed by atoms with Crippen LogP contribution in [0.25, 0.3) is 0 Å². The number of anilines is 2. The summed E-state index contributed by atoms with van der Waals surface area (Å²) < 4.78 is 0. The van der Waals surface area contributed by atoms with E-state index in [-0.39, 0.29) is 6.04 Å². The summed E-state index contributed by atoms with van der Waals surface area (Å²) in [6, 6.07) is 12.0. The Bertz CT molecular complexity index is 511. The number of rotatable bonds is 4. The number of halogens is 1. The van der Waals surface area contributed by atoms with E-state index in [1.165, 1.54) is 5.56 Å². The highest BCUT2D eigenvalue weighted by Gasteiger charge is 2.05. The van der Waals surface area contributed by atoms with Crippen molar-refractivity contribution >= 4 is 23.1 Å². The molecule has 0 amide bonds. The molecule has 0 aliphatic carbocycles. The fourth-order valence-electron chi connectivity index (χ4n) is 1.74. The zero-order valence-electron chi connectivity index (χ0n) is 10.4. The van der Waals surface area contributed by atoms with E-state index in [0.29, 0.717) is 0 Å². The Hall–Kier alpha value is -1.74. The van der Waals surface area contributed by atoms with Crippen LogP contribution in [0.2, 0.25) is 5.02 Å². The van der Waals surface area contributed by atoms with Crippen LogP contribution in [0.4, 0.5) is 11.5 Å². The molecule has 4 heteroatoms. The van der Waals surface area contributed by atoms with Crippen molar-refractivity contribution in [3.05, 3.63) is 53.2 Å². The minimum atomic E-state index is 0.217. The van der Waals surface area contributed by atoms with Gasteiger partial charge in [-0.3, -0.25) is 0 Å². The number of aromatic nitrogens is 1. The third-order valence-electron chi connectivity index (χ3n) is 2.77. The topological polar surface area (TPSA) is 37.0 Å². The molecule has 1 unspecified atom stereocenters. The molecule has 18 heavy (non-hydrogen) atoms. The summed E-state index contributed by atoms with van der Waals surface area (Å²) in [5.74, 6) is 0.850. The molecule has 0 aliphatic heterocycles. The number of hydrogen-bond acceptors (Lipinski definition) is 3. The van der Waals surface area contributed by atoms with Crippen LogP contribution in [0.15, 0.2) is 42.6 Å². The van der Waals surface area contributed by atoms with Gasteiger partial charge < -0.3 is 10.6 Å². The van der Waals surface area contributed by atoms with Crippen molar-refractivity contribution < 1.29 is 0 Å². The monoisotopic (exact) mass is 261 g/mol. The van der Waals surface area contributed by atoms with Gasteiger partial charge in [-0.15, -0.1) is 0 Å². The Labute approximate surface area is 112 Å². The summed E-state index contributed by atoms with van der Waals surface area (Å²) in [7, 11) is 1.86. The summed E-state index contributed by atoms with van der Waals surface area (Å²) in [4.78, 5) is 4.18. The van der Waals surface area contributed by atoms with Gasteiger partial charge in [-0.25, -0.2) is 4.98 Å². The molecule has 1 aromatic carbocycles. The summed E-state index contributed by atoms with van der Waals surface area (Å²) >= 11 is 5.88. The van der Waals surface area contributed by atoms with E-state index < -0.39 is 0 Å². The highest BCUT2D eigenvalue weighted by atomic mass is 35.5. The first-order chi connectivity index (χ1) is 8.69. The lowest BCUT2D eigenvalue weighted by Gasteiger charge is -2.16. The van der Waals surface area contributed by atoms with Crippen LogP contribution in [0.1, 0.15) is 18.5 Å². The highest BCUT2D eigenvalue weighted by Crippen LogP contribution is 2.21. The van der Waals surface area contributed by atoms with E-state index in [4.69, 9.17) is 11.6 Å². The summed E-state index contributed by atoms with van der Waals surface area (Å²) in [5.41, 5.74) is 2.24. The second kappa shape index (κ2) is 5.74. The van der Waals surface area contributed by atoms with Crippen molar-refractivity contribution in [3.63, 3.8) is 0 Å². The summed E-state index contributed by atoms with van der Waals surface area (Å²) in [5, 5.41) is 7.21. The van der Waals surface area contributed by atoms with Crippen molar-refractivity contribution in [2.45, 2.75) is 13.0 Å². The predicted octanol–water partition coefficient (Wildman–Crippen LogP) is 3.95. The molecule has 2 N–H and O–H groups in total. The molecule has 94 valence electrons. The number of benzene rings is 1. The van der Waals surface area contributed by atoms with E-state index in [1.54, 1.807) is 6.20 Å². The zero-order valence-corrected chi connectivity index (χ0v) is 11.2. The minimum Gasteiger partial charge on any atom is -0.378 e. The third kappa shape index (κ3) is 3.14. The molecule has 1 atom stereocenters. The fourth-order valence-corrected chi connectivity index (χ4v) is 1.87. The van der Waals surface area contributed by atoms with Crippen molar-refractivity contribution in [2.24, 2.45) is 0 Å². The quantitative estimate of drug-likeness (QED) is 0.875. The first kappa shape index (κ1) is 12.7. The van der Waals surface area contributed by atoms with Crippen LogP contribution >= 0.6 is 11.6 Å². The zero-order chi connectivity index (χ0) is 13.0. The molecule has 0 saturated heterocycles. The van der Waals surface area contributed by atoms with Gasteiger partial charge in [0, 0.05) is 36.1 Å². The van der Waals surface area contributed by atoms with Crippen molar-refractivity contribution in [1.82, 2.24) is 4.98 Å². The second-order valence-corrected chi connectivity index (χ2v) is 4.53. The van der Waals surface area contributed by atoms with Crippen LogP contribution in [-0.4, -0.2) is 12.0 Å². The van der Waals surface area contributed by atoms with Crippen molar-refractivity contribution in [2.75, 3.05) is 17.7 Å². The molecular weight excluding hydrogens is 246 g/mol. The molecule has 0 spiro atoms. The van der Waals surface area contributed by atoms with Gasteiger partial charge in [0.1, 0.15) is 5.82 Å². The van der Waals surface area contributed by atoms with Crippen molar-refractivity contribution in [1.29, 1.82) is 0 Å². The summed E-state index contributed by atoms with van der Waals surface area (Å²) in [6.45, 7) is 2.11. The summed E-state index contributed by atoms with van der Waals surface area (Å²) in [6.07, 6.45) is 1.78. The largest absolute Gasteiger partial charge is 0.378 e. The smallest absolute Gasteiger partial charge is 0.127 e. The Morgan fingerprint density at radius 1 is 1.17 bits per heavy atom. The molecule has 0 radical (unpaired) electrons. The lowest BCUT2D eigenvalue weighted by Crippen LogP contribution is -2.07. The fraction of sp³-hybridized carbons (Fsp3) is 0.214. The van der Waals surface area contributed by atoms with E-state index in [1.807, 2.05) is 43.4 Å². The standard InChI is InChI=1S/C14H16ClN3/c1-10(11-3-5-12(15)6-4-11)18-13-7-8-17-14(9-13)16-2/h3-10H,1-2H3,(H2,16,17,18). The predicted molar refractivity (Wildman–Crippen MR) is 77.3 cm³/mol. The lowest BCUT2D eigenvalue weighted by atomic mass is 10.1. The van der Waals surface area contributed by atoms with E-state index in [9.17, 15) is 0 Å². The average Bonchev–Trinajstić information content (AvgIpc) is 2.39. The Kier molecular flexibility index (Phi) is 4.05. The molecule has 2 aromatic rings. The van der Waals surface area contributed by atoms with E-state index in [2.05, 4.69) is 22.5 Å². The number of pyridine rings is 1. The van der Waals surface area contributed by atoms with Gasteiger partial charge in [-0.05, 0) is 30.7 Å². The molecular formula is C14H16ClN3. The maximum atomic E-state index is 5.88. The van der Waals surface area contributed by atoms with Gasteiger partial charge in [-0.2, -0.15) is 0 Å². The minimum absolute atomic E-state index is 0.217. The molecule has 0 saturated carbocycles. The maximum absolute atomic E-state index is 5.88. The van der Waals surface area contributed by atoms with Crippen LogP contribution in [-0.2, 0) is 0 Å². The maximum Gasteiger partial charge on any atom is 0.127 e. The first-order valence-corrected chi connectivity index (χ1v) is 6.22. The molecule has 2 rings (SSSR count). The normalized spacial score (nSPS) is 11.9. The number of hydrogen-bond donors (Lipinski definition) is 2. The van der Waals surface area contributed by atoms with Gasteiger partial charge in [0.25, 0.3) is 0 Å². The SMILES string of the molecule is CNc1cc(NC(C)c2ccc(Cl)cc2)ccn1. The van der Waals surface area contributed by atoms with Gasteiger partial charge in [-0.1, -0.05) is 23.7 Å². The lowest BCUT2D eigenvalue weighted by molar-refractivity contribution is 0.884. The molecule has 0 aliphatic rings. The van der Waals surface area contributed by atoms with Crippen LogP contribution in [0.5, 0.6) is 0 Å². The molecule has 1 heterocycles. The van der Waals surface area contributed by atoms with Gasteiger partial charge in [0.05, 0.1) is 0 Å². The van der Waals surface area contributed by atoms with Crippen molar-refractivity contribution in [3.8, 4) is 0 Å². The molecule has 1 aromatic heterocycles. The van der Waals surface area contributed by atoms with Gasteiger partial charge >= 0.3 is 0 Å². The van der Waals surface area contributed by atoms with Gasteiger partial charge in [0.2, 0.25) is 0 Å². The molecule has 3 nitrogen and oxygen atoms in total. The van der Waals surface area contributed by atoms with E-state index >= 15 is 0 Å². The second-order valence-electron chi connectivity index (χ2n) is 4.10.